The van der Waals surface area contributed by atoms with E-state index in [2.05, 4.69) is 9.48 Å². The predicted octanol–water partition coefficient (Wildman–Crippen LogP) is 7.63. The van der Waals surface area contributed by atoms with Crippen molar-refractivity contribution >= 4 is 47.8 Å². The van der Waals surface area contributed by atoms with Crippen LogP contribution in [0.3, 0.4) is 0 Å². The van der Waals surface area contributed by atoms with E-state index in [-0.39, 0.29) is 4.90 Å². The molecule has 0 amide bonds. The summed E-state index contributed by atoms with van der Waals surface area (Å²) in [6.45, 7) is 0. The topological polar surface area (TPSA) is 53.5 Å². The van der Waals surface area contributed by atoms with Crippen LogP contribution in [0.4, 0.5) is 17.1 Å². The lowest BCUT2D eigenvalue weighted by Crippen LogP contribution is -2.21. The molecule has 0 atom stereocenters. The molecule has 7 heteroatoms. The van der Waals surface area contributed by atoms with Gasteiger partial charge in [-0.15, -0.1) is 0 Å². The Kier molecular flexibility index (Phi) is 6.66. The molecular formula is C33H26ClN2O3S+. The van der Waals surface area contributed by atoms with Gasteiger partial charge in [0.25, 0.3) is 9.05 Å². The van der Waals surface area contributed by atoms with Gasteiger partial charge >= 0.3 is 0 Å². The van der Waals surface area contributed by atoms with Gasteiger partial charge in [-0.25, -0.2) is 8.42 Å². The third-order valence-corrected chi connectivity index (χ3v) is 8.55. The van der Waals surface area contributed by atoms with Crippen LogP contribution >= 0.6 is 10.7 Å². The van der Waals surface area contributed by atoms with Gasteiger partial charge < -0.3 is 9.32 Å². The fourth-order valence-corrected chi connectivity index (χ4v) is 6.14. The van der Waals surface area contributed by atoms with Crippen LogP contribution in [0.15, 0.2) is 131 Å². The highest BCUT2D eigenvalue weighted by Crippen LogP contribution is 2.43. The van der Waals surface area contributed by atoms with Crippen LogP contribution in [0.25, 0.3) is 33.4 Å². The fourth-order valence-electron chi connectivity index (χ4n) is 5.06. The van der Waals surface area contributed by atoms with Gasteiger partial charge in [0, 0.05) is 75.4 Å². The molecule has 0 fully saturated rings. The summed E-state index contributed by atoms with van der Waals surface area (Å²) in [6.07, 6.45) is 0. The third kappa shape index (κ3) is 4.76. The average molecular weight is 566 g/mol. The van der Waals surface area contributed by atoms with Crippen molar-refractivity contribution in [3.63, 3.8) is 0 Å². The van der Waals surface area contributed by atoms with Crippen molar-refractivity contribution in [2.45, 2.75) is 4.90 Å². The van der Waals surface area contributed by atoms with Gasteiger partial charge in [0.15, 0.2) is 0 Å². The van der Waals surface area contributed by atoms with Crippen molar-refractivity contribution in [1.29, 1.82) is 0 Å². The summed E-state index contributed by atoms with van der Waals surface area (Å²) in [4.78, 5) is 2.14. The normalized spacial score (nSPS) is 12.5. The summed E-state index contributed by atoms with van der Waals surface area (Å²) in [7, 11) is 5.91. The summed E-state index contributed by atoms with van der Waals surface area (Å²) in [5.41, 5.74) is 5.69. The number of fused-ring (bicyclic) bond motifs is 2. The molecule has 0 aromatic heterocycles. The van der Waals surface area contributed by atoms with Crippen LogP contribution in [0.2, 0.25) is 0 Å². The molecule has 0 radical (unpaired) electrons. The Morgan fingerprint density at radius 1 is 0.725 bits per heavy atom. The molecule has 0 spiro atoms. The number of nitrogens with zero attached hydrogens (tertiary/aromatic N) is 2. The van der Waals surface area contributed by atoms with Crippen molar-refractivity contribution in [2.24, 2.45) is 0 Å². The molecule has 0 N–H and O–H groups in total. The van der Waals surface area contributed by atoms with Crippen LogP contribution in [0, 0.1) is 0 Å². The lowest BCUT2D eigenvalue weighted by Gasteiger charge is -2.21. The molecule has 2 aliphatic rings. The Morgan fingerprint density at radius 2 is 1.40 bits per heavy atom. The molecule has 1 heterocycles. The zero-order chi connectivity index (χ0) is 27.9. The number of benzene rings is 5. The average Bonchev–Trinajstić information content (AvgIpc) is 2.99. The molecule has 0 bridgehead atoms. The van der Waals surface area contributed by atoms with E-state index in [9.17, 15) is 8.42 Å². The predicted molar refractivity (Wildman–Crippen MR) is 163 cm³/mol. The van der Waals surface area contributed by atoms with Gasteiger partial charge in [0.1, 0.15) is 18.4 Å². The molecule has 5 nitrogen and oxygen atoms in total. The van der Waals surface area contributed by atoms with E-state index in [0.29, 0.717) is 16.9 Å². The van der Waals surface area contributed by atoms with E-state index in [1.54, 1.807) is 12.1 Å². The number of para-hydroxylation sites is 2. The van der Waals surface area contributed by atoms with E-state index < -0.39 is 9.05 Å². The smallest absolute Gasteiger partial charge is 0.261 e. The van der Waals surface area contributed by atoms with E-state index in [0.717, 1.165) is 38.9 Å². The number of hydrogen-bond acceptors (Lipinski definition) is 4. The second kappa shape index (κ2) is 10.3. The van der Waals surface area contributed by atoms with Crippen molar-refractivity contribution < 1.29 is 12.8 Å². The van der Waals surface area contributed by atoms with E-state index in [1.165, 1.54) is 6.07 Å². The molecule has 0 unspecified atom stereocenters. The highest BCUT2D eigenvalue weighted by atomic mass is 35.7. The summed E-state index contributed by atoms with van der Waals surface area (Å²) in [5.74, 6) is 0.629. The molecular weight excluding hydrogens is 540 g/mol. The molecule has 4 aromatic rings. The molecule has 0 saturated carbocycles. The van der Waals surface area contributed by atoms with Gasteiger partial charge in [0.2, 0.25) is 11.0 Å². The first kappa shape index (κ1) is 25.9. The first-order valence-electron chi connectivity index (χ1n) is 12.8. The first-order valence-corrected chi connectivity index (χ1v) is 15.1. The second-order valence-electron chi connectivity index (χ2n) is 9.56. The SMILES string of the molecule is CN(c1ccccc1)c1ccc2c(-c3ccccc3S(=O)(=O)Cl)c3ccc(=[N+](C)c4ccccc4)cc-3oc2c1. The minimum atomic E-state index is -4.01. The van der Waals surface area contributed by atoms with Gasteiger partial charge in [-0.3, -0.25) is 0 Å². The zero-order valence-electron chi connectivity index (χ0n) is 22.0. The van der Waals surface area contributed by atoms with Gasteiger partial charge in [-0.2, -0.15) is 4.58 Å². The minimum Gasteiger partial charge on any atom is -0.456 e. The maximum absolute atomic E-state index is 12.6. The number of rotatable bonds is 5. The van der Waals surface area contributed by atoms with Crippen LogP contribution in [-0.2, 0) is 9.05 Å². The van der Waals surface area contributed by atoms with E-state index >= 15 is 0 Å². The molecule has 4 aromatic carbocycles. The highest BCUT2D eigenvalue weighted by molar-refractivity contribution is 8.13. The van der Waals surface area contributed by atoms with Crippen molar-refractivity contribution in [2.75, 3.05) is 19.0 Å². The molecule has 1 aliphatic heterocycles. The van der Waals surface area contributed by atoms with Gasteiger partial charge in [0.05, 0.1) is 11.0 Å². The van der Waals surface area contributed by atoms with Gasteiger partial charge in [-0.05, 0) is 36.4 Å². The van der Waals surface area contributed by atoms with Gasteiger partial charge in [-0.1, -0.05) is 54.6 Å². The molecule has 198 valence electrons. The Bertz CT molecular complexity index is 2000. The van der Waals surface area contributed by atoms with Crippen LogP contribution in [-0.4, -0.2) is 22.5 Å². The molecule has 6 rings (SSSR count). The largest absolute Gasteiger partial charge is 0.456 e. The maximum Gasteiger partial charge on any atom is 0.261 e. The third-order valence-electron chi connectivity index (χ3n) is 7.17. The summed E-state index contributed by atoms with van der Waals surface area (Å²) >= 11 is 0. The highest BCUT2D eigenvalue weighted by Gasteiger charge is 2.24. The van der Waals surface area contributed by atoms with Crippen LogP contribution in [0.5, 0.6) is 0 Å². The Morgan fingerprint density at radius 3 is 2.12 bits per heavy atom. The molecule has 1 aliphatic carbocycles. The number of hydrogen-bond donors (Lipinski definition) is 0. The zero-order valence-corrected chi connectivity index (χ0v) is 23.5. The Hall–Kier alpha value is -4.39. The van der Waals surface area contributed by atoms with E-state index in [4.69, 9.17) is 15.1 Å². The summed E-state index contributed by atoms with van der Waals surface area (Å²) < 4.78 is 33.9. The standard InChI is InChI=1S/C33H26ClN2O3S/c1-35(23-11-5-3-6-12-23)25-17-19-27-30(21-25)39-31-22-26(36(2)24-13-7-4-8-14-24)18-20-28(31)33(27)29-15-9-10-16-32(29)40(34,37)38/h3-22H,1-2H3/q+1. The van der Waals surface area contributed by atoms with Crippen molar-refractivity contribution in [1.82, 2.24) is 4.58 Å². The fraction of sp³-hybridized carbons (Fsp3) is 0.0606. The monoisotopic (exact) mass is 565 g/mol. The summed E-state index contributed by atoms with van der Waals surface area (Å²) in [5, 5.41) is 1.72. The van der Waals surface area contributed by atoms with Crippen LogP contribution in [0.1, 0.15) is 0 Å². The molecule has 0 saturated heterocycles. The lowest BCUT2D eigenvalue weighted by molar-refractivity contribution is 0.609. The maximum atomic E-state index is 12.6. The van der Waals surface area contributed by atoms with E-state index in [1.807, 2.05) is 117 Å². The first-order chi connectivity index (χ1) is 19.3. The Labute approximate surface area is 237 Å². The Balaban J connectivity index is 1.67. The van der Waals surface area contributed by atoms with Crippen molar-refractivity contribution in [3.8, 4) is 22.5 Å². The van der Waals surface area contributed by atoms with Crippen molar-refractivity contribution in [3.05, 3.63) is 127 Å². The summed E-state index contributed by atoms with van der Waals surface area (Å²) in [6, 6.07) is 38.9. The lowest BCUT2D eigenvalue weighted by atomic mass is 9.93. The second-order valence-corrected chi connectivity index (χ2v) is 12.1. The number of halogens is 1. The minimum absolute atomic E-state index is 0.0569. The number of anilines is 2. The van der Waals surface area contributed by atoms with Crippen LogP contribution < -0.4 is 14.8 Å². The molecule has 40 heavy (non-hydrogen) atoms. The quantitative estimate of drug-likeness (QED) is 0.122.